The molecule has 0 atom stereocenters. The van der Waals surface area contributed by atoms with Crippen molar-refractivity contribution < 1.29 is 8.78 Å². The highest BCUT2D eigenvalue weighted by atomic mass is 35.5. The van der Waals surface area contributed by atoms with Crippen LogP contribution in [0.1, 0.15) is 32.6 Å². The monoisotopic (exact) mass is 197 g/mol. The van der Waals surface area contributed by atoms with Crippen LogP contribution in [0.15, 0.2) is 0 Å². The topological polar surface area (TPSA) is 26.0 Å². The summed E-state index contributed by atoms with van der Waals surface area (Å²) < 4.78 is 25.1. The van der Waals surface area contributed by atoms with Gasteiger partial charge in [-0.1, -0.05) is 0 Å². The molecule has 0 aromatic carbocycles. The molecule has 3 fully saturated rings. The molecular weight excluding hydrogens is 184 g/mol. The first kappa shape index (κ1) is 10.2. The summed E-state index contributed by atoms with van der Waals surface area (Å²) in [6.45, 7) is 0.997. The molecule has 3 saturated carbocycles. The van der Waals surface area contributed by atoms with Gasteiger partial charge in [0.2, 0.25) is 5.92 Å². The van der Waals surface area contributed by atoms with E-state index in [1.807, 2.05) is 0 Å². The lowest BCUT2D eigenvalue weighted by Gasteiger charge is -2.69. The fourth-order valence-electron chi connectivity index (χ4n) is 2.93. The van der Waals surface area contributed by atoms with Crippen molar-refractivity contribution in [1.29, 1.82) is 0 Å². The van der Waals surface area contributed by atoms with Gasteiger partial charge in [0.25, 0.3) is 0 Å². The Morgan fingerprint density at radius 2 is 1.75 bits per heavy atom. The maximum atomic E-state index is 12.5. The van der Waals surface area contributed by atoms with E-state index in [1.54, 1.807) is 0 Å². The van der Waals surface area contributed by atoms with Crippen molar-refractivity contribution in [2.45, 2.75) is 44.1 Å². The number of nitrogens with two attached hydrogens (primary N) is 1. The molecule has 0 radical (unpaired) electrons. The van der Waals surface area contributed by atoms with Gasteiger partial charge in [-0.2, -0.15) is 0 Å². The van der Waals surface area contributed by atoms with Crippen molar-refractivity contribution in [2.75, 3.05) is 0 Å². The van der Waals surface area contributed by atoms with Crippen LogP contribution in [0.5, 0.6) is 0 Å². The normalized spacial score (nSPS) is 44.0. The van der Waals surface area contributed by atoms with Crippen LogP contribution in [0, 0.1) is 5.41 Å². The van der Waals surface area contributed by atoms with Crippen LogP contribution in [0.3, 0.4) is 0 Å². The summed E-state index contributed by atoms with van der Waals surface area (Å²) in [5, 5.41) is 0. The number of alkyl halides is 2. The first-order chi connectivity index (χ1) is 4.83. The molecule has 0 aromatic rings. The van der Waals surface area contributed by atoms with Crippen LogP contribution in [0.4, 0.5) is 8.78 Å². The number of hydrogen-bond acceptors (Lipinski definition) is 1. The molecule has 72 valence electrons. The van der Waals surface area contributed by atoms with Gasteiger partial charge in [-0.15, -0.1) is 12.4 Å². The van der Waals surface area contributed by atoms with Gasteiger partial charge in [-0.25, -0.2) is 8.78 Å². The van der Waals surface area contributed by atoms with Gasteiger partial charge in [-0.3, -0.25) is 0 Å². The Bertz CT molecular complexity index is 180. The molecule has 4 heteroatoms. The summed E-state index contributed by atoms with van der Waals surface area (Å²) in [4.78, 5) is 0. The van der Waals surface area contributed by atoms with Crippen LogP contribution in [0.2, 0.25) is 0 Å². The van der Waals surface area contributed by atoms with E-state index in [-0.39, 0.29) is 29.8 Å². The van der Waals surface area contributed by atoms with Gasteiger partial charge in [0.1, 0.15) is 0 Å². The fourth-order valence-corrected chi connectivity index (χ4v) is 2.93. The van der Waals surface area contributed by atoms with E-state index in [4.69, 9.17) is 5.73 Å². The Morgan fingerprint density at radius 1 is 1.33 bits per heavy atom. The predicted octanol–water partition coefficient (Wildman–Crippen LogP) is 2.33. The Balaban J connectivity index is 0.000000720. The van der Waals surface area contributed by atoms with Crippen LogP contribution in [0.25, 0.3) is 0 Å². The Kier molecular flexibility index (Phi) is 1.97. The van der Waals surface area contributed by atoms with E-state index in [2.05, 4.69) is 0 Å². The maximum Gasteiger partial charge on any atom is 0.245 e. The van der Waals surface area contributed by atoms with E-state index >= 15 is 0 Å². The van der Waals surface area contributed by atoms with Gasteiger partial charge in [0.15, 0.2) is 0 Å². The van der Waals surface area contributed by atoms with Crippen LogP contribution in [-0.4, -0.2) is 11.5 Å². The average molecular weight is 198 g/mol. The Labute approximate surface area is 77.1 Å². The Morgan fingerprint density at radius 3 is 2.00 bits per heavy atom. The zero-order valence-electron chi connectivity index (χ0n) is 7.07. The van der Waals surface area contributed by atoms with Gasteiger partial charge >= 0.3 is 0 Å². The summed E-state index contributed by atoms with van der Waals surface area (Å²) in [6, 6.07) is 0. The third-order valence-corrected chi connectivity index (χ3v) is 2.87. The Hall–Kier alpha value is 0.110. The second-order valence-electron chi connectivity index (χ2n) is 4.64. The number of hydrogen-bond donors (Lipinski definition) is 1. The standard InChI is InChI=1S/C8H13F2N.ClH/c1-6(9,10)2-7-3-8(11,4-7)5-7;/h2-5,11H2,1H3;1H. The second kappa shape index (κ2) is 2.32. The van der Waals surface area contributed by atoms with Crippen LogP contribution >= 0.6 is 12.4 Å². The molecule has 3 rings (SSSR count). The van der Waals surface area contributed by atoms with Crippen LogP contribution < -0.4 is 5.73 Å². The molecular formula is C8H14ClF2N. The zero-order valence-corrected chi connectivity index (χ0v) is 7.89. The molecule has 0 spiro atoms. The van der Waals surface area contributed by atoms with Gasteiger partial charge in [-0.05, 0) is 31.6 Å². The minimum atomic E-state index is -2.50. The molecule has 1 nitrogen and oxygen atoms in total. The highest BCUT2D eigenvalue weighted by Gasteiger charge is 2.67. The molecule has 0 aliphatic heterocycles. The third kappa shape index (κ3) is 1.44. The van der Waals surface area contributed by atoms with Crippen molar-refractivity contribution in [1.82, 2.24) is 0 Å². The van der Waals surface area contributed by atoms with Crippen molar-refractivity contribution >= 4 is 12.4 Å². The van der Waals surface area contributed by atoms with E-state index in [9.17, 15) is 8.78 Å². The summed E-state index contributed by atoms with van der Waals surface area (Å²) in [5.74, 6) is -2.50. The molecule has 0 aromatic heterocycles. The van der Waals surface area contributed by atoms with Crippen molar-refractivity contribution in [2.24, 2.45) is 11.1 Å². The molecule has 0 unspecified atom stereocenters. The van der Waals surface area contributed by atoms with Gasteiger partial charge in [0.05, 0.1) is 0 Å². The number of halogens is 3. The lowest BCUT2D eigenvalue weighted by Crippen LogP contribution is -2.72. The summed E-state index contributed by atoms with van der Waals surface area (Å²) >= 11 is 0. The average Bonchev–Trinajstić information content (AvgIpc) is 1.53. The first-order valence-electron chi connectivity index (χ1n) is 4.00. The summed E-state index contributed by atoms with van der Waals surface area (Å²) in [7, 11) is 0. The molecule has 2 N–H and O–H groups in total. The highest BCUT2D eigenvalue weighted by molar-refractivity contribution is 5.85. The molecule has 0 heterocycles. The molecule has 2 bridgehead atoms. The van der Waals surface area contributed by atoms with Crippen LogP contribution in [-0.2, 0) is 0 Å². The minimum absolute atomic E-state index is 0. The van der Waals surface area contributed by atoms with Crippen molar-refractivity contribution in [3.8, 4) is 0 Å². The smallest absolute Gasteiger partial charge is 0.245 e. The zero-order chi connectivity index (χ0) is 8.33. The summed E-state index contributed by atoms with van der Waals surface area (Å²) in [6.07, 6.45) is 2.51. The van der Waals surface area contributed by atoms with Gasteiger partial charge < -0.3 is 5.73 Å². The lowest BCUT2D eigenvalue weighted by molar-refractivity contribution is -0.180. The van der Waals surface area contributed by atoms with Gasteiger partial charge in [0, 0.05) is 12.0 Å². The third-order valence-electron chi connectivity index (χ3n) is 2.87. The maximum absolute atomic E-state index is 12.5. The largest absolute Gasteiger partial charge is 0.325 e. The highest BCUT2D eigenvalue weighted by Crippen LogP contribution is 2.69. The minimum Gasteiger partial charge on any atom is -0.325 e. The SMILES string of the molecule is CC(F)(F)CC12CC(N)(C1)C2.Cl. The molecule has 0 amide bonds. The first-order valence-corrected chi connectivity index (χ1v) is 4.00. The van der Waals surface area contributed by atoms with Crippen molar-refractivity contribution in [3.63, 3.8) is 0 Å². The summed E-state index contributed by atoms with van der Waals surface area (Å²) in [5.41, 5.74) is 5.65. The molecule has 3 aliphatic carbocycles. The van der Waals surface area contributed by atoms with E-state index in [1.165, 1.54) is 0 Å². The predicted molar refractivity (Wildman–Crippen MR) is 45.7 cm³/mol. The molecule has 3 aliphatic rings. The molecule has 0 saturated heterocycles. The van der Waals surface area contributed by atoms with E-state index in [0.29, 0.717) is 0 Å². The quantitative estimate of drug-likeness (QED) is 0.723. The fraction of sp³-hybridized carbons (Fsp3) is 1.00. The van der Waals surface area contributed by atoms with E-state index in [0.717, 1.165) is 26.2 Å². The molecule has 12 heavy (non-hydrogen) atoms. The lowest BCUT2D eigenvalue weighted by atomic mass is 9.38. The second-order valence-corrected chi connectivity index (χ2v) is 4.64. The van der Waals surface area contributed by atoms with Crippen molar-refractivity contribution in [3.05, 3.63) is 0 Å². The number of rotatable bonds is 2. The van der Waals surface area contributed by atoms with E-state index < -0.39 is 5.92 Å².